The van der Waals surface area contributed by atoms with E-state index >= 15 is 4.39 Å². The van der Waals surface area contributed by atoms with Gasteiger partial charge >= 0.3 is 0 Å². The van der Waals surface area contributed by atoms with Crippen LogP contribution in [0.4, 0.5) is 10.1 Å². The molecule has 35 heavy (non-hydrogen) atoms. The monoisotopic (exact) mass is 496 g/mol. The molecule has 0 radical (unpaired) electrons. The van der Waals surface area contributed by atoms with E-state index in [1.54, 1.807) is 19.4 Å². The van der Waals surface area contributed by atoms with E-state index in [4.69, 9.17) is 16.0 Å². The number of carbonyl (C=O) groups excluding carboxylic acids is 2. The summed E-state index contributed by atoms with van der Waals surface area (Å²) in [5.74, 6) is 0.301. The van der Waals surface area contributed by atoms with Gasteiger partial charge in [0.15, 0.2) is 0 Å². The van der Waals surface area contributed by atoms with Crippen molar-refractivity contribution in [2.45, 2.75) is 25.7 Å². The summed E-state index contributed by atoms with van der Waals surface area (Å²) < 4.78 is 20.8. The van der Waals surface area contributed by atoms with Crippen LogP contribution in [-0.2, 0) is 9.59 Å². The number of halogens is 2. The first-order valence-electron chi connectivity index (χ1n) is 11.7. The number of hydrogen-bond acceptors (Lipinski definition) is 5. The molecule has 1 atom stereocenters. The summed E-state index contributed by atoms with van der Waals surface area (Å²) in [6.45, 7) is 1.31. The molecule has 2 aromatic carbocycles. The van der Waals surface area contributed by atoms with Crippen LogP contribution in [0, 0.1) is 17.7 Å². The summed E-state index contributed by atoms with van der Waals surface area (Å²) in [5.41, 5.74) is 4.72. The van der Waals surface area contributed by atoms with E-state index < -0.39 is 5.82 Å². The second kappa shape index (κ2) is 9.70. The summed E-state index contributed by atoms with van der Waals surface area (Å²) in [4.78, 5) is 27.6. The molecule has 0 spiro atoms. The molecule has 1 saturated heterocycles. The van der Waals surface area contributed by atoms with Crippen LogP contribution in [0.1, 0.15) is 25.7 Å². The summed E-state index contributed by atoms with van der Waals surface area (Å²) in [5, 5.41) is 5.46. The van der Waals surface area contributed by atoms with Crippen LogP contribution in [-0.4, -0.2) is 43.2 Å². The predicted octanol–water partition coefficient (Wildman–Crippen LogP) is 5.04. The van der Waals surface area contributed by atoms with Crippen molar-refractivity contribution >= 4 is 46.4 Å². The summed E-state index contributed by atoms with van der Waals surface area (Å²) in [6, 6.07) is 10.1. The third-order valence-electron chi connectivity index (χ3n) is 6.68. The molecule has 182 valence electrons. The summed E-state index contributed by atoms with van der Waals surface area (Å²) in [6.07, 6.45) is 5.31. The molecule has 2 fully saturated rings. The number of hydrogen-bond donors (Lipinski definition) is 1. The van der Waals surface area contributed by atoms with Gasteiger partial charge in [-0.2, -0.15) is 5.10 Å². The van der Waals surface area contributed by atoms with Crippen LogP contribution in [0.15, 0.2) is 52.2 Å². The first kappa shape index (κ1) is 23.4. The SMILES string of the molecule is CN/N=C(/CC1CCN(C(=O)C2CC2)C1)N(C=O)c1cc(Cl)c(-c2ccc3occc3c2)cc1F. The number of rotatable bonds is 7. The van der Waals surface area contributed by atoms with Crippen molar-refractivity contribution < 1.29 is 18.4 Å². The van der Waals surface area contributed by atoms with E-state index in [2.05, 4.69) is 10.5 Å². The van der Waals surface area contributed by atoms with Gasteiger partial charge in [-0.25, -0.2) is 4.39 Å². The van der Waals surface area contributed by atoms with Gasteiger partial charge in [0.1, 0.15) is 17.2 Å². The van der Waals surface area contributed by atoms with Crippen molar-refractivity contribution in [3.8, 4) is 11.1 Å². The van der Waals surface area contributed by atoms with Crippen LogP contribution in [0.5, 0.6) is 0 Å². The van der Waals surface area contributed by atoms with Gasteiger partial charge in [-0.15, -0.1) is 0 Å². The third kappa shape index (κ3) is 4.75. The smallest absolute Gasteiger partial charge is 0.225 e. The van der Waals surface area contributed by atoms with E-state index in [0.717, 1.165) is 35.8 Å². The van der Waals surface area contributed by atoms with Crippen LogP contribution >= 0.6 is 11.6 Å². The number of nitrogens with one attached hydrogen (secondary N) is 1. The van der Waals surface area contributed by atoms with Gasteiger partial charge in [-0.3, -0.25) is 14.5 Å². The minimum absolute atomic E-state index is 0.0241. The zero-order valence-electron chi connectivity index (χ0n) is 19.3. The highest BCUT2D eigenvalue weighted by atomic mass is 35.5. The number of furan rings is 1. The molecule has 1 unspecified atom stereocenters. The highest BCUT2D eigenvalue weighted by Gasteiger charge is 2.37. The maximum Gasteiger partial charge on any atom is 0.225 e. The van der Waals surface area contributed by atoms with Crippen molar-refractivity contribution in [3.05, 3.63) is 53.5 Å². The Hall–Kier alpha value is -3.39. The molecule has 2 amide bonds. The zero-order valence-corrected chi connectivity index (χ0v) is 20.1. The van der Waals surface area contributed by atoms with Crippen molar-refractivity contribution in [2.24, 2.45) is 16.9 Å². The quantitative estimate of drug-likeness (QED) is 0.215. The average molecular weight is 497 g/mol. The van der Waals surface area contributed by atoms with E-state index in [-0.39, 0.29) is 23.4 Å². The normalized spacial score (nSPS) is 18.2. The topological polar surface area (TPSA) is 78.2 Å². The van der Waals surface area contributed by atoms with E-state index in [1.807, 2.05) is 23.1 Å². The van der Waals surface area contributed by atoms with Crippen LogP contribution in [0.3, 0.4) is 0 Å². The minimum atomic E-state index is -0.593. The van der Waals surface area contributed by atoms with Gasteiger partial charge < -0.3 is 14.7 Å². The lowest BCUT2D eigenvalue weighted by Gasteiger charge is -2.23. The van der Waals surface area contributed by atoms with Crippen LogP contribution in [0.2, 0.25) is 5.02 Å². The number of nitrogens with zero attached hydrogens (tertiary/aromatic N) is 3. The van der Waals surface area contributed by atoms with Crippen LogP contribution in [0.25, 0.3) is 22.1 Å². The highest BCUT2D eigenvalue weighted by Crippen LogP contribution is 2.36. The Kier molecular flexibility index (Phi) is 6.47. The van der Waals surface area contributed by atoms with Crippen LogP contribution < -0.4 is 10.3 Å². The van der Waals surface area contributed by atoms with Gasteiger partial charge in [0.05, 0.1) is 17.0 Å². The number of benzene rings is 2. The molecule has 2 heterocycles. The molecule has 1 saturated carbocycles. The van der Waals surface area contributed by atoms with Gasteiger partial charge in [-0.1, -0.05) is 17.7 Å². The van der Waals surface area contributed by atoms with Crippen molar-refractivity contribution in [1.29, 1.82) is 0 Å². The molecule has 1 aliphatic carbocycles. The number of amides is 2. The molecule has 9 heteroatoms. The molecule has 7 nitrogen and oxygen atoms in total. The largest absolute Gasteiger partial charge is 0.464 e. The van der Waals surface area contributed by atoms with E-state index in [0.29, 0.717) is 42.3 Å². The Balaban J connectivity index is 1.39. The lowest BCUT2D eigenvalue weighted by atomic mass is 10.0. The lowest BCUT2D eigenvalue weighted by molar-refractivity contribution is -0.131. The molecule has 3 aromatic rings. The Morgan fingerprint density at radius 1 is 1.29 bits per heavy atom. The molecular weight excluding hydrogens is 471 g/mol. The number of amidine groups is 1. The van der Waals surface area contributed by atoms with Gasteiger partial charge in [-0.05, 0) is 61.1 Å². The molecule has 1 aliphatic heterocycles. The number of hydrazone groups is 1. The minimum Gasteiger partial charge on any atom is -0.464 e. The maximum absolute atomic E-state index is 15.4. The number of likely N-dealkylation sites (tertiary alicyclic amines) is 1. The highest BCUT2D eigenvalue weighted by molar-refractivity contribution is 6.34. The number of carbonyl (C=O) groups is 2. The first-order chi connectivity index (χ1) is 17.0. The van der Waals surface area contributed by atoms with Crippen molar-refractivity contribution in [1.82, 2.24) is 10.3 Å². The molecule has 1 aromatic heterocycles. The Morgan fingerprint density at radius 3 is 2.86 bits per heavy atom. The maximum atomic E-state index is 15.4. The lowest BCUT2D eigenvalue weighted by Crippen LogP contribution is -2.35. The fourth-order valence-electron chi connectivity index (χ4n) is 4.71. The van der Waals surface area contributed by atoms with Crippen molar-refractivity contribution in [2.75, 3.05) is 25.0 Å². The van der Waals surface area contributed by atoms with E-state index in [9.17, 15) is 9.59 Å². The van der Waals surface area contributed by atoms with Crippen molar-refractivity contribution in [3.63, 3.8) is 0 Å². The second-order valence-corrected chi connectivity index (χ2v) is 9.51. The van der Waals surface area contributed by atoms with E-state index in [1.165, 1.54) is 17.0 Å². The molecule has 5 rings (SSSR count). The summed E-state index contributed by atoms with van der Waals surface area (Å²) >= 11 is 6.57. The first-order valence-corrected chi connectivity index (χ1v) is 12.1. The average Bonchev–Trinajstić information content (AvgIpc) is 3.41. The Bertz CT molecular complexity index is 1300. The van der Waals surface area contributed by atoms with Gasteiger partial charge in [0, 0.05) is 43.4 Å². The fourth-order valence-corrected chi connectivity index (χ4v) is 4.97. The summed E-state index contributed by atoms with van der Waals surface area (Å²) in [7, 11) is 1.62. The standard InChI is InChI=1S/C26H26ClFN4O3/c1-29-30-25(10-16-6-8-31(14-16)26(34)17-2-3-17)32(15-33)23-13-21(27)20(12-22(23)28)18-4-5-24-19(11-18)7-9-35-24/h4-5,7,9,11-13,15-17,29H,2-3,6,8,10,14H2,1H3/b30-25-. The zero-order chi connectivity index (χ0) is 24.5. The van der Waals surface area contributed by atoms with Gasteiger partial charge in [0.25, 0.3) is 0 Å². The Labute approximate surface area is 207 Å². The van der Waals surface area contributed by atoms with Gasteiger partial charge in [0.2, 0.25) is 12.3 Å². The number of fused-ring (bicyclic) bond motifs is 1. The third-order valence-corrected chi connectivity index (χ3v) is 6.99. The molecule has 2 aliphatic rings. The second-order valence-electron chi connectivity index (χ2n) is 9.10. The Morgan fingerprint density at radius 2 is 2.11 bits per heavy atom. The molecule has 1 N–H and O–H groups in total. The number of anilines is 1. The molecular formula is C26H26ClFN4O3. The fraction of sp³-hybridized carbons (Fsp3) is 0.346. The predicted molar refractivity (Wildman–Crippen MR) is 134 cm³/mol. The molecule has 0 bridgehead atoms.